The first-order chi connectivity index (χ1) is 7.51. The summed E-state index contributed by atoms with van der Waals surface area (Å²) < 4.78 is 0. The number of unbranched alkanes of at least 4 members (excludes halogenated alkanes) is 1. The number of carboxylic acid groups (broad SMARTS) is 2. The standard InChI is InChI=1S/C12H20O4.2H3N/c1-3-5-6-9(4-2)7-10(12(15)16)8-11(13)14;;/h8-9H,3-7H2,1-2H3,(H,13,14)(H,15,16);2*1H3/b10-8-;;. The van der Waals surface area contributed by atoms with Gasteiger partial charge in [0.25, 0.3) is 0 Å². The van der Waals surface area contributed by atoms with E-state index < -0.39 is 11.9 Å². The van der Waals surface area contributed by atoms with Gasteiger partial charge in [0, 0.05) is 0 Å². The fraction of sp³-hybridized carbons (Fsp3) is 0.667. The zero-order valence-corrected chi connectivity index (χ0v) is 11.8. The maximum atomic E-state index is 10.7. The van der Waals surface area contributed by atoms with E-state index in [2.05, 4.69) is 6.92 Å². The summed E-state index contributed by atoms with van der Waals surface area (Å²) in [6.45, 7) is 4.02. The Hall–Kier alpha value is -1.40. The molecule has 8 N–H and O–H groups in total. The Balaban J connectivity index is -0.00000112. The lowest BCUT2D eigenvalue weighted by atomic mass is 9.92. The van der Waals surface area contributed by atoms with Crippen LogP contribution in [0.3, 0.4) is 0 Å². The van der Waals surface area contributed by atoms with Crippen LogP contribution in [0.4, 0.5) is 0 Å². The molecule has 0 aromatic heterocycles. The third kappa shape index (κ3) is 9.80. The van der Waals surface area contributed by atoms with Crippen LogP contribution >= 0.6 is 0 Å². The van der Waals surface area contributed by atoms with Crippen molar-refractivity contribution in [3.63, 3.8) is 0 Å². The van der Waals surface area contributed by atoms with Gasteiger partial charge in [0.1, 0.15) is 0 Å². The van der Waals surface area contributed by atoms with E-state index in [0.29, 0.717) is 6.08 Å². The Bertz CT molecular complexity index is 277. The van der Waals surface area contributed by atoms with Crippen molar-refractivity contribution in [3.05, 3.63) is 11.6 Å². The van der Waals surface area contributed by atoms with Gasteiger partial charge in [-0.1, -0.05) is 39.5 Å². The van der Waals surface area contributed by atoms with E-state index in [0.717, 1.165) is 25.7 Å². The molecular weight excluding hydrogens is 236 g/mol. The summed E-state index contributed by atoms with van der Waals surface area (Å²) in [7, 11) is 0. The molecule has 0 amide bonds. The molecule has 108 valence electrons. The van der Waals surface area contributed by atoms with E-state index in [9.17, 15) is 19.8 Å². The largest absolute Gasteiger partial charge is 0.545 e. The predicted molar refractivity (Wildman–Crippen MR) is 68.0 cm³/mol. The maximum Gasteiger partial charge on any atom is 0.0675 e. The number of hydrogen-bond acceptors (Lipinski definition) is 4. The fourth-order valence-electron chi connectivity index (χ4n) is 1.60. The molecule has 0 aliphatic carbocycles. The van der Waals surface area contributed by atoms with Crippen LogP contribution in [0.5, 0.6) is 0 Å². The van der Waals surface area contributed by atoms with Crippen molar-refractivity contribution in [2.24, 2.45) is 5.92 Å². The normalized spacial score (nSPS) is 12.0. The first kappa shape index (κ1) is 21.8. The lowest BCUT2D eigenvalue weighted by molar-refractivity contribution is -0.303. The minimum atomic E-state index is -1.48. The maximum absolute atomic E-state index is 10.7. The summed E-state index contributed by atoms with van der Waals surface area (Å²) in [5.41, 5.74) is -0.178. The lowest BCUT2D eigenvalue weighted by Crippen LogP contribution is -2.29. The van der Waals surface area contributed by atoms with Crippen LogP contribution < -0.4 is 22.5 Å². The minimum absolute atomic E-state index is 0. The fourth-order valence-corrected chi connectivity index (χ4v) is 1.60. The van der Waals surface area contributed by atoms with E-state index in [4.69, 9.17) is 0 Å². The van der Waals surface area contributed by atoms with E-state index in [1.807, 2.05) is 6.92 Å². The zero-order valence-electron chi connectivity index (χ0n) is 11.8. The third-order valence-electron chi connectivity index (χ3n) is 2.61. The molecule has 0 rings (SSSR count). The van der Waals surface area contributed by atoms with Crippen LogP contribution in [-0.4, -0.2) is 11.9 Å². The second-order valence-corrected chi connectivity index (χ2v) is 3.90. The topological polar surface area (TPSA) is 153 Å². The molecule has 0 radical (unpaired) electrons. The van der Waals surface area contributed by atoms with Crippen LogP contribution in [0, 0.1) is 5.92 Å². The van der Waals surface area contributed by atoms with E-state index >= 15 is 0 Å². The average Bonchev–Trinajstić information content (AvgIpc) is 2.21. The van der Waals surface area contributed by atoms with Crippen LogP contribution in [0.15, 0.2) is 11.6 Å². The Morgan fingerprint density at radius 1 is 1.17 bits per heavy atom. The third-order valence-corrected chi connectivity index (χ3v) is 2.61. The average molecular weight is 262 g/mol. The van der Waals surface area contributed by atoms with Crippen LogP contribution in [0.2, 0.25) is 0 Å². The predicted octanol–water partition coefficient (Wildman–Crippen LogP) is 0.772. The molecule has 0 fully saturated rings. The number of carbonyl (C=O) groups excluding carboxylic acids is 2. The highest BCUT2D eigenvalue weighted by atomic mass is 16.4. The lowest BCUT2D eigenvalue weighted by Gasteiger charge is -2.17. The number of rotatable bonds is 8. The van der Waals surface area contributed by atoms with Crippen LogP contribution in [-0.2, 0) is 9.59 Å². The molecule has 0 heterocycles. The molecular formula is C12H26N2O4. The molecule has 0 aliphatic heterocycles. The van der Waals surface area contributed by atoms with Crippen molar-refractivity contribution in [2.75, 3.05) is 0 Å². The molecule has 6 nitrogen and oxygen atoms in total. The van der Waals surface area contributed by atoms with Gasteiger partial charge in [-0.3, -0.25) is 0 Å². The molecule has 6 heteroatoms. The molecule has 0 bridgehead atoms. The molecule has 1 atom stereocenters. The summed E-state index contributed by atoms with van der Waals surface area (Å²) in [4.78, 5) is 21.0. The Labute approximate surface area is 108 Å². The number of quaternary nitrogens is 2. The smallest absolute Gasteiger partial charge is 0.0675 e. The summed E-state index contributed by atoms with van der Waals surface area (Å²) >= 11 is 0. The van der Waals surface area contributed by atoms with Crippen molar-refractivity contribution in [2.45, 2.75) is 46.0 Å². The summed E-state index contributed by atoms with van der Waals surface area (Å²) in [5, 5.41) is 21.0. The van der Waals surface area contributed by atoms with Gasteiger partial charge in [-0.15, -0.1) is 0 Å². The minimum Gasteiger partial charge on any atom is -0.545 e. The van der Waals surface area contributed by atoms with Gasteiger partial charge < -0.3 is 32.1 Å². The number of carbonyl (C=O) groups is 2. The molecule has 18 heavy (non-hydrogen) atoms. The monoisotopic (exact) mass is 262 g/mol. The van der Waals surface area contributed by atoms with E-state index in [1.54, 1.807) is 0 Å². The van der Waals surface area contributed by atoms with Gasteiger partial charge in [-0.2, -0.15) is 0 Å². The van der Waals surface area contributed by atoms with Gasteiger partial charge in [0.15, 0.2) is 0 Å². The highest BCUT2D eigenvalue weighted by Crippen LogP contribution is 2.20. The molecule has 0 saturated carbocycles. The van der Waals surface area contributed by atoms with Crippen molar-refractivity contribution < 1.29 is 19.8 Å². The van der Waals surface area contributed by atoms with Crippen molar-refractivity contribution in [1.29, 1.82) is 0 Å². The summed E-state index contributed by atoms with van der Waals surface area (Å²) in [5.74, 6) is -2.70. The first-order valence-electron chi connectivity index (χ1n) is 5.64. The van der Waals surface area contributed by atoms with Gasteiger partial charge in [0.2, 0.25) is 0 Å². The van der Waals surface area contributed by atoms with Gasteiger partial charge in [-0.05, 0) is 24.0 Å². The zero-order chi connectivity index (χ0) is 12.6. The van der Waals surface area contributed by atoms with Crippen molar-refractivity contribution in [1.82, 2.24) is 12.3 Å². The molecule has 0 aromatic rings. The van der Waals surface area contributed by atoms with Gasteiger partial charge in [0.05, 0.1) is 11.9 Å². The second kappa shape index (κ2) is 12.1. The number of aliphatic carboxylic acids is 2. The highest BCUT2D eigenvalue weighted by Gasteiger charge is 2.09. The summed E-state index contributed by atoms with van der Waals surface area (Å²) in [6, 6.07) is 0. The first-order valence-corrected chi connectivity index (χ1v) is 5.64. The van der Waals surface area contributed by atoms with Crippen LogP contribution in [0.25, 0.3) is 0 Å². The molecule has 0 saturated heterocycles. The number of carboxylic acids is 2. The van der Waals surface area contributed by atoms with Gasteiger partial charge >= 0.3 is 0 Å². The van der Waals surface area contributed by atoms with E-state index in [-0.39, 0.29) is 30.2 Å². The number of hydrogen-bond donors (Lipinski definition) is 2. The van der Waals surface area contributed by atoms with Crippen LogP contribution in [0.1, 0.15) is 46.0 Å². The molecule has 0 aromatic carbocycles. The Morgan fingerprint density at radius 2 is 1.72 bits per heavy atom. The molecule has 0 spiro atoms. The second-order valence-electron chi connectivity index (χ2n) is 3.90. The SMILES string of the molecule is CCCCC(CC)C/C(=C/C(=O)[O-])C(=O)[O-].[NH4+].[NH4+]. The highest BCUT2D eigenvalue weighted by molar-refractivity contribution is 5.92. The van der Waals surface area contributed by atoms with Crippen molar-refractivity contribution >= 4 is 11.9 Å². The quantitative estimate of drug-likeness (QED) is 0.620. The van der Waals surface area contributed by atoms with Crippen molar-refractivity contribution in [3.8, 4) is 0 Å². The summed E-state index contributed by atoms with van der Waals surface area (Å²) in [6.07, 6.45) is 4.67. The Kier molecular flexibility index (Phi) is 14.6. The molecule has 1 unspecified atom stereocenters. The van der Waals surface area contributed by atoms with E-state index in [1.165, 1.54) is 0 Å². The molecule has 0 aliphatic rings. The Morgan fingerprint density at radius 3 is 2.06 bits per heavy atom. The van der Waals surface area contributed by atoms with Gasteiger partial charge in [-0.25, -0.2) is 0 Å².